The van der Waals surface area contributed by atoms with Gasteiger partial charge in [-0.3, -0.25) is 4.79 Å². The molecule has 4 nitrogen and oxygen atoms in total. The fraction of sp³-hybridized carbons (Fsp3) is 0.0667. The van der Waals surface area contributed by atoms with Gasteiger partial charge in [0.1, 0.15) is 11.6 Å². The van der Waals surface area contributed by atoms with Gasteiger partial charge in [0.2, 0.25) is 0 Å². The summed E-state index contributed by atoms with van der Waals surface area (Å²) in [6.07, 6.45) is 1.43. The Balaban J connectivity index is 1.77. The average Bonchev–Trinajstić information content (AvgIpc) is 2.49. The number of benzene rings is 2. The maximum Gasteiger partial charge on any atom is 0.277 e. The normalized spacial score (nSPS) is 10.6. The summed E-state index contributed by atoms with van der Waals surface area (Å²) in [5, 5.41) is 3.76. The van der Waals surface area contributed by atoms with Gasteiger partial charge in [-0.2, -0.15) is 5.10 Å². The lowest BCUT2D eigenvalue weighted by atomic mass is 10.2. The summed E-state index contributed by atoms with van der Waals surface area (Å²) in [5.74, 6) is -0.105. The van der Waals surface area contributed by atoms with E-state index < -0.39 is 0 Å². The molecule has 1 N–H and O–H groups in total. The van der Waals surface area contributed by atoms with E-state index in [9.17, 15) is 9.18 Å². The molecular formula is C15H12BrFN2O2. The SMILES string of the molecule is O=C(COc1ccc(Br)cc1)NN=Cc1ccc(F)cc1. The summed E-state index contributed by atoms with van der Waals surface area (Å²) in [7, 11) is 0. The van der Waals surface area contributed by atoms with Crippen molar-refractivity contribution in [1.29, 1.82) is 0 Å². The summed E-state index contributed by atoms with van der Waals surface area (Å²) in [6.45, 7) is -0.137. The van der Waals surface area contributed by atoms with E-state index in [2.05, 4.69) is 26.5 Å². The van der Waals surface area contributed by atoms with Crippen LogP contribution in [0, 0.1) is 5.82 Å². The predicted molar refractivity (Wildman–Crippen MR) is 81.8 cm³/mol. The van der Waals surface area contributed by atoms with E-state index in [1.807, 2.05) is 12.1 Å². The second-order valence-corrected chi connectivity index (χ2v) is 5.00. The van der Waals surface area contributed by atoms with Crippen molar-refractivity contribution in [1.82, 2.24) is 5.43 Å². The zero-order valence-electron chi connectivity index (χ0n) is 10.9. The van der Waals surface area contributed by atoms with Crippen LogP contribution in [0.2, 0.25) is 0 Å². The van der Waals surface area contributed by atoms with Gasteiger partial charge >= 0.3 is 0 Å². The number of ether oxygens (including phenoxy) is 1. The topological polar surface area (TPSA) is 50.7 Å². The molecule has 2 aromatic carbocycles. The van der Waals surface area contributed by atoms with Crippen LogP contribution in [0.3, 0.4) is 0 Å². The molecule has 0 spiro atoms. The van der Waals surface area contributed by atoms with E-state index in [1.54, 1.807) is 24.3 Å². The Morgan fingerprint density at radius 1 is 1.19 bits per heavy atom. The van der Waals surface area contributed by atoms with Crippen LogP contribution >= 0.6 is 15.9 Å². The zero-order valence-corrected chi connectivity index (χ0v) is 12.5. The smallest absolute Gasteiger partial charge is 0.277 e. The minimum atomic E-state index is -0.378. The van der Waals surface area contributed by atoms with E-state index in [4.69, 9.17) is 4.74 Å². The van der Waals surface area contributed by atoms with Crippen LogP contribution in [0.15, 0.2) is 58.1 Å². The van der Waals surface area contributed by atoms with Crippen molar-refractivity contribution >= 4 is 28.1 Å². The Bertz CT molecular complexity index is 627. The van der Waals surface area contributed by atoms with Crippen LogP contribution < -0.4 is 10.2 Å². The highest BCUT2D eigenvalue weighted by Crippen LogP contribution is 2.15. The second-order valence-electron chi connectivity index (χ2n) is 4.09. The highest BCUT2D eigenvalue weighted by molar-refractivity contribution is 9.10. The number of hydrogen-bond donors (Lipinski definition) is 1. The molecule has 2 aromatic rings. The molecule has 0 heterocycles. The molecule has 2 rings (SSSR count). The zero-order chi connectivity index (χ0) is 15.1. The van der Waals surface area contributed by atoms with E-state index in [-0.39, 0.29) is 18.3 Å². The number of nitrogens with zero attached hydrogens (tertiary/aromatic N) is 1. The molecular weight excluding hydrogens is 339 g/mol. The lowest BCUT2D eigenvalue weighted by Gasteiger charge is -2.04. The highest BCUT2D eigenvalue weighted by atomic mass is 79.9. The van der Waals surface area contributed by atoms with Crippen molar-refractivity contribution in [3.8, 4) is 5.75 Å². The molecule has 0 bridgehead atoms. The molecule has 0 aliphatic carbocycles. The number of halogens is 2. The lowest BCUT2D eigenvalue weighted by Crippen LogP contribution is -2.24. The standard InChI is InChI=1S/C15H12BrFN2O2/c16-12-3-7-14(8-4-12)21-10-15(20)19-18-9-11-1-5-13(17)6-2-11/h1-9H,10H2,(H,19,20). The molecule has 0 fully saturated rings. The van der Waals surface area contributed by atoms with Gasteiger partial charge in [-0.25, -0.2) is 9.82 Å². The molecule has 0 aliphatic heterocycles. The van der Waals surface area contributed by atoms with Gasteiger partial charge in [-0.15, -0.1) is 0 Å². The number of rotatable bonds is 5. The predicted octanol–water partition coefficient (Wildman–Crippen LogP) is 3.12. The molecule has 108 valence electrons. The fourth-order valence-electron chi connectivity index (χ4n) is 1.44. The molecule has 0 atom stereocenters. The first-order valence-electron chi connectivity index (χ1n) is 6.09. The van der Waals surface area contributed by atoms with E-state index in [1.165, 1.54) is 18.3 Å². The van der Waals surface area contributed by atoms with Crippen LogP contribution in [0.1, 0.15) is 5.56 Å². The molecule has 21 heavy (non-hydrogen) atoms. The van der Waals surface area contributed by atoms with E-state index in [0.29, 0.717) is 11.3 Å². The monoisotopic (exact) mass is 350 g/mol. The Hall–Kier alpha value is -2.21. The van der Waals surface area contributed by atoms with Gasteiger partial charge < -0.3 is 4.74 Å². The average molecular weight is 351 g/mol. The van der Waals surface area contributed by atoms with Crippen LogP contribution in [-0.2, 0) is 4.79 Å². The number of nitrogens with one attached hydrogen (secondary N) is 1. The maximum absolute atomic E-state index is 12.7. The second kappa shape index (κ2) is 7.54. The van der Waals surface area contributed by atoms with E-state index in [0.717, 1.165) is 4.47 Å². The summed E-state index contributed by atoms with van der Waals surface area (Å²) in [4.78, 5) is 11.5. The van der Waals surface area contributed by atoms with Crippen molar-refractivity contribution in [3.63, 3.8) is 0 Å². The molecule has 0 unspecified atom stereocenters. The van der Waals surface area contributed by atoms with Crippen molar-refractivity contribution in [2.75, 3.05) is 6.61 Å². The third kappa shape index (κ3) is 5.35. The largest absolute Gasteiger partial charge is 0.484 e. The van der Waals surface area contributed by atoms with Crippen molar-refractivity contribution in [2.24, 2.45) is 5.10 Å². The first-order valence-corrected chi connectivity index (χ1v) is 6.88. The lowest BCUT2D eigenvalue weighted by molar-refractivity contribution is -0.123. The Morgan fingerprint density at radius 3 is 2.52 bits per heavy atom. The molecule has 0 aliphatic rings. The van der Waals surface area contributed by atoms with Crippen LogP contribution in [0.4, 0.5) is 4.39 Å². The molecule has 0 radical (unpaired) electrons. The van der Waals surface area contributed by atoms with Gasteiger partial charge in [-0.1, -0.05) is 28.1 Å². The first kappa shape index (κ1) is 15.2. The van der Waals surface area contributed by atoms with Crippen molar-refractivity contribution < 1.29 is 13.9 Å². The minimum Gasteiger partial charge on any atom is -0.484 e. The third-order valence-corrected chi connectivity index (χ3v) is 2.99. The third-order valence-electron chi connectivity index (χ3n) is 2.46. The number of amides is 1. The number of carbonyl (C=O) groups excluding carboxylic acids is 1. The fourth-order valence-corrected chi connectivity index (χ4v) is 1.70. The van der Waals surface area contributed by atoms with Crippen LogP contribution in [0.5, 0.6) is 5.75 Å². The quantitative estimate of drug-likeness (QED) is 0.665. The number of hydrazone groups is 1. The molecule has 1 amide bonds. The Kier molecular flexibility index (Phi) is 5.45. The van der Waals surface area contributed by atoms with Gasteiger partial charge in [0, 0.05) is 4.47 Å². The van der Waals surface area contributed by atoms with Gasteiger partial charge in [-0.05, 0) is 42.0 Å². The first-order chi connectivity index (χ1) is 10.1. The summed E-state index contributed by atoms with van der Waals surface area (Å²) >= 11 is 3.31. The van der Waals surface area contributed by atoms with E-state index >= 15 is 0 Å². The van der Waals surface area contributed by atoms with Gasteiger partial charge in [0.05, 0.1) is 6.21 Å². The van der Waals surface area contributed by atoms with Gasteiger partial charge in [0.15, 0.2) is 6.61 Å². The molecule has 0 saturated heterocycles. The van der Waals surface area contributed by atoms with Crippen LogP contribution in [0.25, 0.3) is 0 Å². The number of hydrogen-bond acceptors (Lipinski definition) is 3. The molecule has 6 heteroatoms. The Labute approximate surface area is 129 Å². The Morgan fingerprint density at radius 2 is 1.86 bits per heavy atom. The maximum atomic E-state index is 12.7. The van der Waals surface area contributed by atoms with Crippen LogP contribution in [-0.4, -0.2) is 18.7 Å². The number of carbonyl (C=O) groups is 1. The van der Waals surface area contributed by atoms with Crippen molar-refractivity contribution in [3.05, 3.63) is 64.4 Å². The molecule has 0 aromatic heterocycles. The van der Waals surface area contributed by atoms with Gasteiger partial charge in [0.25, 0.3) is 5.91 Å². The highest BCUT2D eigenvalue weighted by Gasteiger charge is 2.01. The summed E-state index contributed by atoms with van der Waals surface area (Å²) in [6, 6.07) is 12.9. The van der Waals surface area contributed by atoms with Crippen molar-refractivity contribution in [2.45, 2.75) is 0 Å². The summed E-state index contributed by atoms with van der Waals surface area (Å²) in [5.41, 5.74) is 3.02. The summed E-state index contributed by atoms with van der Waals surface area (Å²) < 4.78 is 18.9. The minimum absolute atomic E-state index is 0.137. The molecule has 0 saturated carbocycles.